The molecule has 2 aromatic carbocycles. The van der Waals surface area contributed by atoms with Crippen LogP contribution in [-0.2, 0) is 11.3 Å². The lowest BCUT2D eigenvalue weighted by molar-refractivity contribution is -0.384. The Balaban J connectivity index is 1.97. The first-order chi connectivity index (χ1) is 14.0. The third kappa shape index (κ3) is 4.78. The zero-order valence-corrected chi connectivity index (χ0v) is 17.0. The number of fused-ring (bicyclic) bond motifs is 1. The number of ether oxygens (including phenoxy) is 1. The molecule has 0 radical (unpaired) electrons. The zero-order valence-electron chi connectivity index (χ0n) is 16.2. The number of nitro benzene ring substituents is 1. The minimum atomic E-state index is -0.468. The van der Waals surface area contributed by atoms with Crippen molar-refractivity contribution in [2.45, 2.75) is 26.8 Å². The van der Waals surface area contributed by atoms with Crippen molar-refractivity contribution in [2.75, 3.05) is 6.61 Å². The van der Waals surface area contributed by atoms with Crippen molar-refractivity contribution in [1.29, 1.82) is 0 Å². The predicted octanol–water partition coefficient (Wildman–Crippen LogP) is 4.56. The van der Waals surface area contributed by atoms with Gasteiger partial charge in [-0.05, 0) is 37.1 Å². The molecule has 0 aliphatic rings. The van der Waals surface area contributed by atoms with E-state index in [1.807, 2.05) is 29.7 Å². The molecule has 1 amide bonds. The first kappa shape index (κ1) is 20.5. The van der Waals surface area contributed by atoms with Crippen LogP contribution < -0.4 is 9.54 Å². The Labute approximate surface area is 171 Å². The molecule has 3 rings (SSSR count). The molecule has 8 heteroatoms. The lowest BCUT2D eigenvalue weighted by Crippen LogP contribution is -2.16. The van der Waals surface area contributed by atoms with E-state index in [4.69, 9.17) is 4.74 Å². The van der Waals surface area contributed by atoms with Gasteiger partial charge in [-0.15, -0.1) is 0 Å². The number of hydrogen-bond donors (Lipinski definition) is 0. The smallest absolute Gasteiger partial charge is 0.272 e. The Kier molecular flexibility index (Phi) is 6.56. The largest absolute Gasteiger partial charge is 0.492 e. The lowest BCUT2D eigenvalue weighted by Gasteiger charge is -2.08. The average Bonchev–Trinajstić information content (AvgIpc) is 3.05. The maximum Gasteiger partial charge on any atom is 0.272 e. The number of rotatable bonds is 7. The molecule has 0 saturated heterocycles. The number of nitrogens with zero attached hydrogens (tertiary/aromatic N) is 3. The summed E-state index contributed by atoms with van der Waals surface area (Å²) in [5, 5.41) is 10.9. The molecule has 0 fully saturated rings. The van der Waals surface area contributed by atoms with Crippen molar-refractivity contribution in [3.63, 3.8) is 0 Å². The van der Waals surface area contributed by atoms with Crippen LogP contribution in [0.25, 0.3) is 16.3 Å². The molecule has 0 N–H and O–H groups in total. The quantitative estimate of drug-likeness (QED) is 0.324. The Bertz CT molecular complexity index is 1140. The van der Waals surface area contributed by atoms with Crippen LogP contribution in [0.3, 0.4) is 0 Å². The van der Waals surface area contributed by atoms with Gasteiger partial charge in [0.25, 0.3) is 11.6 Å². The van der Waals surface area contributed by atoms with Crippen LogP contribution in [0.2, 0.25) is 0 Å². The molecule has 1 aromatic heterocycles. The van der Waals surface area contributed by atoms with Crippen molar-refractivity contribution in [3.8, 4) is 5.75 Å². The van der Waals surface area contributed by atoms with E-state index in [0.717, 1.165) is 22.4 Å². The van der Waals surface area contributed by atoms with Gasteiger partial charge in [-0.1, -0.05) is 36.5 Å². The molecule has 0 saturated carbocycles. The van der Waals surface area contributed by atoms with Gasteiger partial charge in [0, 0.05) is 24.8 Å². The van der Waals surface area contributed by atoms with Gasteiger partial charge < -0.3 is 9.30 Å². The molecule has 29 heavy (non-hydrogen) atoms. The molecule has 150 valence electrons. The highest BCUT2D eigenvalue weighted by Crippen LogP contribution is 2.27. The first-order valence-electron chi connectivity index (χ1n) is 9.29. The van der Waals surface area contributed by atoms with E-state index in [-0.39, 0.29) is 5.69 Å². The van der Waals surface area contributed by atoms with Gasteiger partial charge in [0.15, 0.2) is 4.80 Å². The van der Waals surface area contributed by atoms with Crippen LogP contribution in [0.15, 0.2) is 53.5 Å². The topological polar surface area (TPSA) is 86.7 Å². The Hall–Kier alpha value is -3.26. The van der Waals surface area contributed by atoms with E-state index in [1.54, 1.807) is 12.1 Å². The molecule has 0 atom stereocenters. The first-order valence-corrected chi connectivity index (χ1v) is 10.1. The third-order valence-electron chi connectivity index (χ3n) is 4.12. The van der Waals surface area contributed by atoms with Crippen LogP contribution in [0.5, 0.6) is 5.75 Å². The molecule has 0 spiro atoms. The van der Waals surface area contributed by atoms with Gasteiger partial charge in [0.1, 0.15) is 11.3 Å². The number of para-hydroxylation sites is 1. The summed E-state index contributed by atoms with van der Waals surface area (Å²) in [5.41, 5.74) is 1.49. The number of carbonyl (C=O) groups excluding carboxylic acids is 1. The normalized spacial score (nSPS) is 12.0. The van der Waals surface area contributed by atoms with Crippen molar-refractivity contribution >= 4 is 39.2 Å². The van der Waals surface area contributed by atoms with Crippen molar-refractivity contribution < 1.29 is 14.5 Å². The van der Waals surface area contributed by atoms with Crippen LogP contribution >= 0.6 is 11.3 Å². The van der Waals surface area contributed by atoms with Crippen molar-refractivity contribution in [3.05, 3.63) is 69.0 Å². The van der Waals surface area contributed by atoms with Gasteiger partial charge in [-0.2, -0.15) is 4.99 Å². The number of benzene rings is 2. The highest BCUT2D eigenvalue weighted by molar-refractivity contribution is 7.16. The van der Waals surface area contributed by atoms with E-state index in [0.29, 0.717) is 23.5 Å². The van der Waals surface area contributed by atoms with E-state index >= 15 is 0 Å². The Morgan fingerprint density at radius 3 is 2.79 bits per heavy atom. The lowest BCUT2D eigenvalue weighted by atomic mass is 10.2. The Morgan fingerprint density at radius 2 is 2.07 bits per heavy atom. The highest BCUT2D eigenvalue weighted by Gasteiger charge is 2.12. The monoisotopic (exact) mass is 411 g/mol. The van der Waals surface area contributed by atoms with Crippen LogP contribution in [0.1, 0.15) is 25.8 Å². The molecule has 3 aromatic rings. The van der Waals surface area contributed by atoms with Gasteiger partial charge in [0.2, 0.25) is 0 Å². The zero-order chi connectivity index (χ0) is 20.8. The fourth-order valence-electron chi connectivity index (χ4n) is 2.93. The van der Waals surface area contributed by atoms with Crippen molar-refractivity contribution in [1.82, 2.24) is 4.57 Å². The van der Waals surface area contributed by atoms with Crippen molar-refractivity contribution in [2.24, 2.45) is 4.99 Å². The van der Waals surface area contributed by atoms with Gasteiger partial charge >= 0.3 is 0 Å². The minimum Gasteiger partial charge on any atom is -0.492 e. The van der Waals surface area contributed by atoms with E-state index in [9.17, 15) is 14.9 Å². The SMILES string of the molecule is CCCn1c(=NC(=O)/C=C/c2cccc([N+](=O)[O-])c2)sc2cccc(OCC)c21. The second kappa shape index (κ2) is 9.29. The molecule has 1 heterocycles. The summed E-state index contributed by atoms with van der Waals surface area (Å²) in [7, 11) is 0. The van der Waals surface area contributed by atoms with Gasteiger partial charge in [0.05, 0.1) is 16.2 Å². The Morgan fingerprint density at radius 1 is 1.28 bits per heavy atom. The third-order valence-corrected chi connectivity index (χ3v) is 5.16. The van der Waals surface area contributed by atoms with E-state index < -0.39 is 10.8 Å². The second-order valence-corrected chi connectivity index (χ2v) is 7.22. The highest BCUT2D eigenvalue weighted by atomic mass is 32.1. The molecular weight excluding hydrogens is 390 g/mol. The number of non-ortho nitro benzene ring substituents is 1. The molecule has 0 aliphatic carbocycles. The predicted molar refractivity (Wildman–Crippen MR) is 114 cm³/mol. The van der Waals surface area contributed by atoms with Gasteiger partial charge in [-0.3, -0.25) is 14.9 Å². The maximum atomic E-state index is 12.4. The van der Waals surface area contributed by atoms with E-state index in [1.165, 1.54) is 35.6 Å². The molecular formula is C21H21N3O4S. The number of nitro groups is 1. The number of aromatic nitrogens is 1. The second-order valence-electron chi connectivity index (χ2n) is 6.21. The summed E-state index contributed by atoms with van der Waals surface area (Å²) in [6.07, 6.45) is 3.74. The maximum absolute atomic E-state index is 12.4. The summed E-state index contributed by atoms with van der Waals surface area (Å²) in [4.78, 5) is 27.7. The number of carbonyl (C=O) groups is 1. The van der Waals surface area contributed by atoms with E-state index in [2.05, 4.69) is 11.9 Å². The average molecular weight is 411 g/mol. The number of thiazole rings is 1. The summed E-state index contributed by atoms with van der Waals surface area (Å²) in [6, 6.07) is 11.9. The molecule has 0 bridgehead atoms. The summed E-state index contributed by atoms with van der Waals surface area (Å²) in [5.74, 6) is 0.349. The van der Waals surface area contributed by atoms with Crippen LogP contribution in [0.4, 0.5) is 5.69 Å². The summed E-state index contributed by atoms with van der Waals surface area (Å²) in [6.45, 7) is 5.26. The number of amides is 1. The number of aryl methyl sites for hydroxylation is 1. The standard InChI is InChI=1S/C21H21N3O4S/c1-3-13-23-20-17(28-4-2)9-6-10-18(20)29-21(23)22-19(25)12-11-15-7-5-8-16(14-15)24(26)27/h5-12,14H,3-4,13H2,1-2H3/b12-11+,22-21?. The fourth-order valence-corrected chi connectivity index (χ4v) is 4.01. The molecule has 0 unspecified atom stereocenters. The fraction of sp³-hybridized carbons (Fsp3) is 0.238. The van der Waals surface area contributed by atoms with Crippen LogP contribution in [0, 0.1) is 10.1 Å². The van der Waals surface area contributed by atoms with Crippen LogP contribution in [-0.4, -0.2) is 22.0 Å². The minimum absolute atomic E-state index is 0.0229. The van der Waals surface area contributed by atoms with Gasteiger partial charge in [-0.25, -0.2) is 0 Å². The summed E-state index contributed by atoms with van der Waals surface area (Å²) < 4.78 is 8.75. The number of hydrogen-bond acceptors (Lipinski definition) is 5. The summed E-state index contributed by atoms with van der Waals surface area (Å²) >= 11 is 1.43. The molecule has 7 nitrogen and oxygen atoms in total. The molecule has 0 aliphatic heterocycles.